The van der Waals surface area contributed by atoms with Crippen LogP contribution in [0.15, 0.2) is 36.5 Å². The highest BCUT2D eigenvalue weighted by Crippen LogP contribution is 2.20. The molecule has 3 heteroatoms. The number of aromatic amines is 1. The highest BCUT2D eigenvalue weighted by Gasteiger charge is 2.09. The summed E-state index contributed by atoms with van der Waals surface area (Å²) >= 11 is 0. The number of hydrogen-bond donors (Lipinski definition) is 1. The molecule has 0 saturated carbocycles. The summed E-state index contributed by atoms with van der Waals surface area (Å²) in [6.07, 6.45) is 1.83. The molecule has 1 unspecified atom stereocenters. The molecule has 0 aliphatic rings. The molecule has 0 aliphatic carbocycles. The lowest BCUT2D eigenvalue weighted by molar-refractivity contribution is 0.841. The number of aromatic nitrogens is 3. The number of benzene rings is 1. The normalized spacial score (nSPS) is 12.7. The second kappa shape index (κ2) is 3.39. The Hall–Kier alpha value is -1.64. The highest BCUT2D eigenvalue weighted by molar-refractivity contribution is 5.25. The van der Waals surface area contributed by atoms with Gasteiger partial charge in [0.2, 0.25) is 0 Å². The molecule has 0 aliphatic heterocycles. The van der Waals surface area contributed by atoms with E-state index in [-0.39, 0.29) is 0 Å². The molecule has 66 valence electrons. The van der Waals surface area contributed by atoms with Crippen molar-refractivity contribution >= 4 is 0 Å². The molecule has 0 fully saturated rings. The molecule has 0 amide bonds. The molecule has 1 aromatic carbocycles. The van der Waals surface area contributed by atoms with Gasteiger partial charge in [-0.25, -0.2) is 0 Å². The monoisotopic (exact) mass is 173 g/mol. The van der Waals surface area contributed by atoms with Crippen LogP contribution in [0.3, 0.4) is 0 Å². The molecule has 1 N–H and O–H groups in total. The second-order valence-corrected chi connectivity index (χ2v) is 3.03. The molecular weight excluding hydrogens is 162 g/mol. The van der Waals surface area contributed by atoms with E-state index in [1.165, 1.54) is 5.56 Å². The first-order chi connectivity index (χ1) is 6.38. The summed E-state index contributed by atoms with van der Waals surface area (Å²) in [5.74, 6) is 0.306. The van der Waals surface area contributed by atoms with Crippen molar-refractivity contribution < 1.29 is 0 Å². The Morgan fingerprint density at radius 3 is 2.62 bits per heavy atom. The van der Waals surface area contributed by atoms with Crippen molar-refractivity contribution in [3.63, 3.8) is 0 Å². The number of nitrogens with one attached hydrogen (secondary N) is 1. The van der Waals surface area contributed by atoms with Gasteiger partial charge < -0.3 is 0 Å². The van der Waals surface area contributed by atoms with Gasteiger partial charge in [-0.2, -0.15) is 0 Å². The number of rotatable bonds is 2. The molecule has 1 aromatic heterocycles. The summed E-state index contributed by atoms with van der Waals surface area (Å²) in [4.78, 5) is 0. The molecule has 1 atom stereocenters. The predicted molar refractivity (Wildman–Crippen MR) is 50.3 cm³/mol. The zero-order valence-corrected chi connectivity index (χ0v) is 7.44. The molecule has 13 heavy (non-hydrogen) atoms. The lowest BCUT2D eigenvalue weighted by Gasteiger charge is -2.06. The van der Waals surface area contributed by atoms with Crippen molar-refractivity contribution in [1.82, 2.24) is 15.4 Å². The van der Waals surface area contributed by atoms with Crippen LogP contribution in [-0.2, 0) is 0 Å². The van der Waals surface area contributed by atoms with Crippen LogP contribution in [0.5, 0.6) is 0 Å². The van der Waals surface area contributed by atoms with Gasteiger partial charge in [0.05, 0.1) is 5.69 Å². The molecule has 3 nitrogen and oxygen atoms in total. The van der Waals surface area contributed by atoms with Crippen LogP contribution in [0.4, 0.5) is 0 Å². The van der Waals surface area contributed by atoms with Crippen LogP contribution < -0.4 is 0 Å². The maximum Gasteiger partial charge on any atom is 0.0896 e. The Kier molecular flexibility index (Phi) is 2.08. The summed E-state index contributed by atoms with van der Waals surface area (Å²) in [5.41, 5.74) is 2.24. The largest absolute Gasteiger partial charge is 0.265 e. The van der Waals surface area contributed by atoms with Gasteiger partial charge in [-0.3, -0.25) is 5.10 Å². The van der Waals surface area contributed by atoms with Gasteiger partial charge in [0.15, 0.2) is 0 Å². The molecule has 0 saturated heterocycles. The average Bonchev–Trinajstić information content (AvgIpc) is 2.71. The first-order valence-corrected chi connectivity index (χ1v) is 4.29. The molecule has 1 heterocycles. The fraction of sp³-hybridized carbons (Fsp3) is 0.200. The van der Waals surface area contributed by atoms with Gasteiger partial charge in [-0.15, -0.1) is 5.10 Å². The van der Waals surface area contributed by atoms with Crippen LogP contribution in [-0.4, -0.2) is 15.4 Å². The lowest BCUT2D eigenvalue weighted by atomic mass is 9.99. The Morgan fingerprint density at radius 2 is 2.00 bits per heavy atom. The number of nitrogens with zero attached hydrogens (tertiary/aromatic N) is 2. The predicted octanol–water partition coefficient (Wildman–Crippen LogP) is 1.96. The van der Waals surface area contributed by atoms with Crippen LogP contribution in [0.25, 0.3) is 0 Å². The zero-order valence-electron chi connectivity index (χ0n) is 7.44. The lowest BCUT2D eigenvalue weighted by Crippen LogP contribution is -1.95. The molecular formula is C10H11N3. The van der Waals surface area contributed by atoms with E-state index < -0.39 is 0 Å². The van der Waals surface area contributed by atoms with Crippen molar-refractivity contribution in [2.24, 2.45) is 0 Å². The summed E-state index contributed by atoms with van der Waals surface area (Å²) in [6, 6.07) is 10.3. The van der Waals surface area contributed by atoms with Crippen LogP contribution in [0.1, 0.15) is 24.1 Å². The van der Waals surface area contributed by atoms with Crippen LogP contribution in [0, 0.1) is 0 Å². The average molecular weight is 173 g/mol. The van der Waals surface area contributed by atoms with E-state index in [1.54, 1.807) is 0 Å². The third-order valence-electron chi connectivity index (χ3n) is 2.18. The summed E-state index contributed by atoms with van der Waals surface area (Å²) < 4.78 is 0. The van der Waals surface area contributed by atoms with Gasteiger partial charge in [-0.05, 0) is 5.56 Å². The first kappa shape index (κ1) is 7.98. The topological polar surface area (TPSA) is 41.6 Å². The van der Waals surface area contributed by atoms with E-state index in [9.17, 15) is 0 Å². The van der Waals surface area contributed by atoms with Crippen molar-refractivity contribution in [3.8, 4) is 0 Å². The molecule has 2 rings (SSSR count). The first-order valence-electron chi connectivity index (χ1n) is 4.29. The zero-order chi connectivity index (χ0) is 9.10. The molecule has 0 spiro atoms. The summed E-state index contributed by atoms with van der Waals surface area (Å²) in [5, 5.41) is 10.4. The van der Waals surface area contributed by atoms with E-state index >= 15 is 0 Å². The van der Waals surface area contributed by atoms with E-state index in [0.717, 1.165) is 5.69 Å². The Morgan fingerprint density at radius 1 is 1.23 bits per heavy atom. The van der Waals surface area contributed by atoms with Gasteiger partial charge in [-0.1, -0.05) is 42.5 Å². The number of hydrogen-bond acceptors (Lipinski definition) is 2. The van der Waals surface area contributed by atoms with Gasteiger partial charge in [0.25, 0.3) is 0 Å². The quantitative estimate of drug-likeness (QED) is 0.754. The minimum atomic E-state index is 0.306. The molecule has 0 bridgehead atoms. The van der Waals surface area contributed by atoms with Crippen molar-refractivity contribution in [1.29, 1.82) is 0 Å². The van der Waals surface area contributed by atoms with Crippen molar-refractivity contribution in [2.45, 2.75) is 12.8 Å². The number of H-pyrrole nitrogens is 1. The van der Waals surface area contributed by atoms with Crippen LogP contribution in [0.2, 0.25) is 0 Å². The minimum Gasteiger partial charge on any atom is -0.265 e. The highest BCUT2D eigenvalue weighted by atomic mass is 15.3. The standard InChI is InChI=1S/C10H11N3/c1-8(10-7-11-13-12-10)9-5-3-2-4-6-9/h2-8H,1H3,(H,11,12,13). The van der Waals surface area contributed by atoms with E-state index in [0.29, 0.717) is 5.92 Å². The Labute approximate surface area is 76.8 Å². The third kappa shape index (κ3) is 1.59. The van der Waals surface area contributed by atoms with E-state index in [1.807, 2.05) is 24.4 Å². The van der Waals surface area contributed by atoms with Gasteiger partial charge in [0.1, 0.15) is 0 Å². The summed E-state index contributed by atoms with van der Waals surface area (Å²) in [6.45, 7) is 2.12. The Bertz CT molecular complexity index is 353. The fourth-order valence-electron chi connectivity index (χ4n) is 1.33. The SMILES string of the molecule is CC(c1ccccc1)c1c[nH]nn1. The maximum absolute atomic E-state index is 3.99. The van der Waals surface area contributed by atoms with Crippen LogP contribution >= 0.6 is 0 Å². The Balaban J connectivity index is 2.29. The van der Waals surface area contributed by atoms with Crippen molar-refractivity contribution in [2.75, 3.05) is 0 Å². The van der Waals surface area contributed by atoms with Gasteiger partial charge >= 0.3 is 0 Å². The van der Waals surface area contributed by atoms with E-state index in [2.05, 4.69) is 34.5 Å². The maximum atomic E-state index is 3.99. The van der Waals surface area contributed by atoms with E-state index in [4.69, 9.17) is 0 Å². The second-order valence-electron chi connectivity index (χ2n) is 3.03. The van der Waals surface area contributed by atoms with Crippen molar-refractivity contribution in [3.05, 3.63) is 47.8 Å². The smallest absolute Gasteiger partial charge is 0.0896 e. The third-order valence-corrected chi connectivity index (χ3v) is 2.18. The minimum absolute atomic E-state index is 0.306. The fourth-order valence-corrected chi connectivity index (χ4v) is 1.33. The summed E-state index contributed by atoms with van der Waals surface area (Å²) in [7, 11) is 0. The molecule has 2 aromatic rings. The molecule has 0 radical (unpaired) electrons. The van der Waals surface area contributed by atoms with Gasteiger partial charge in [0, 0.05) is 12.1 Å².